The zero-order valence-corrected chi connectivity index (χ0v) is 12.1. The van der Waals surface area contributed by atoms with Gasteiger partial charge in [-0.15, -0.1) is 0 Å². The predicted octanol–water partition coefficient (Wildman–Crippen LogP) is 2.02. The SMILES string of the molecule is CC(C)(CNc1nccc(C(F)(F)F)n1)N1CCOCC1. The Hall–Kier alpha value is -1.41. The highest BCUT2D eigenvalue weighted by Crippen LogP contribution is 2.27. The number of alkyl halides is 3. The Morgan fingerprint density at radius 2 is 1.95 bits per heavy atom. The molecule has 0 unspecified atom stereocenters. The standard InChI is InChI=1S/C13H19F3N4O/c1-12(2,20-5-7-21-8-6-20)9-18-11-17-4-3-10(19-11)13(14,15)16/h3-4H,5-9H2,1-2H3,(H,17,18,19). The summed E-state index contributed by atoms with van der Waals surface area (Å²) in [5.41, 5.74) is -1.16. The van der Waals surface area contributed by atoms with E-state index in [9.17, 15) is 13.2 Å². The third kappa shape index (κ3) is 4.28. The number of anilines is 1. The highest BCUT2D eigenvalue weighted by molar-refractivity contribution is 5.27. The molecule has 1 aromatic heterocycles. The Balaban J connectivity index is 1.98. The Bertz CT molecular complexity index is 473. The maximum absolute atomic E-state index is 12.6. The number of aromatic nitrogens is 2. The van der Waals surface area contributed by atoms with Crippen molar-refractivity contribution in [1.82, 2.24) is 14.9 Å². The van der Waals surface area contributed by atoms with Gasteiger partial charge in [0.25, 0.3) is 0 Å². The van der Waals surface area contributed by atoms with Crippen LogP contribution in [0.2, 0.25) is 0 Å². The van der Waals surface area contributed by atoms with Gasteiger partial charge in [-0.1, -0.05) is 0 Å². The van der Waals surface area contributed by atoms with Crippen LogP contribution in [0.3, 0.4) is 0 Å². The van der Waals surface area contributed by atoms with E-state index in [-0.39, 0.29) is 11.5 Å². The third-order valence-electron chi connectivity index (χ3n) is 3.49. The second-order valence-corrected chi connectivity index (χ2v) is 5.53. The Kier molecular flexibility index (Phi) is 4.67. The van der Waals surface area contributed by atoms with Gasteiger partial charge in [0.05, 0.1) is 13.2 Å². The van der Waals surface area contributed by atoms with E-state index in [0.29, 0.717) is 19.8 Å². The van der Waals surface area contributed by atoms with Gasteiger partial charge in [-0.3, -0.25) is 4.90 Å². The lowest BCUT2D eigenvalue weighted by atomic mass is 10.0. The minimum absolute atomic E-state index is 0.00819. The first-order chi connectivity index (χ1) is 9.79. The molecule has 1 N–H and O–H groups in total. The fourth-order valence-electron chi connectivity index (χ4n) is 2.18. The van der Waals surface area contributed by atoms with Gasteiger partial charge in [-0.2, -0.15) is 13.2 Å². The van der Waals surface area contributed by atoms with Crippen LogP contribution in [-0.2, 0) is 10.9 Å². The van der Waals surface area contributed by atoms with Crippen molar-refractivity contribution >= 4 is 5.95 Å². The van der Waals surface area contributed by atoms with Gasteiger partial charge in [-0.25, -0.2) is 9.97 Å². The van der Waals surface area contributed by atoms with Crippen LogP contribution in [0.15, 0.2) is 12.3 Å². The van der Waals surface area contributed by atoms with E-state index in [1.807, 2.05) is 13.8 Å². The van der Waals surface area contributed by atoms with E-state index < -0.39 is 11.9 Å². The smallest absolute Gasteiger partial charge is 0.379 e. The molecule has 8 heteroatoms. The van der Waals surface area contributed by atoms with Crippen molar-refractivity contribution in [2.75, 3.05) is 38.2 Å². The van der Waals surface area contributed by atoms with Crippen molar-refractivity contribution in [1.29, 1.82) is 0 Å². The second kappa shape index (κ2) is 6.15. The number of nitrogens with one attached hydrogen (secondary N) is 1. The topological polar surface area (TPSA) is 50.3 Å². The van der Waals surface area contributed by atoms with Crippen molar-refractivity contribution in [3.05, 3.63) is 18.0 Å². The molecule has 1 aliphatic heterocycles. The number of morpholine rings is 1. The maximum atomic E-state index is 12.6. The summed E-state index contributed by atoms with van der Waals surface area (Å²) in [4.78, 5) is 9.57. The summed E-state index contributed by atoms with van der Waals surface area (Å²) in [6.45, 7) is 7.45. The summed E-state index contributed by atoms with van der Waals surface area (Å²) < 4.78 is 43.1. The van der Waals surface area contributed by atoms with Gasteiger partial charge in [0.15, 0.2) is 0 Å². The van der Waals surface area contributed by atoms with Crippen molar-refractivity contribution in [2.45, 2.75) is 25.6 Å². The first-order valence-electron chi connectivity index (χ1n) is 6.76. The van der Waals surface area contributed by atoms with Crippen LogP contribution in [-0.4, -0.2) is 53.3 Å². The molecule has 2 rings (SSSR count). The van der Waals surface area contributed by atoms with Crippen LogP contribution in [0, 0.1) is 0 Å². The van der Waals surface area contributed by atoms with Gasteiger partial charge in [0, 0.05) is 31.4 Å². The molecule has 0 aliphatic carbocycles. The van der Waals surface area contributed by atoms with Gasteiger partial charge in [0.1, 0.15) is 5.69 Å². The molecule has 0 aromatic carbocycles. The molecule has 1 aliphatic rings. The summed E-state index contributed by atoms with van der Waals surface area (Å²) in [6.07, 6.45) is -3.35. The number of hydrogen-bond acceptors (Lipinski definition) is 5. The van der Waals surface area contributed by atoms with Crippen LogP contribution < -0.4 is 5.32 Å². The average molecular weight is 304 g/mol. The zero-order valence-electron chi connectivity index (χ0n) is 12.1. The van der Waals surface area contributed by atoms with Crippen LogP contribution in [0.25, 0.3) is 0 Å². The molecule has 1 aromatic rings. The van der Waals surface area contributed by atoms with Gasteiger partial charge in [0.2, 0.25) is 5.95 Å². The van der Waals surface area contributed by atoms with E-state index in [4.69, 9.17) is 4.74 Å². The summed E-state index contributed by atoms with van der Waals surface area (Å²) in [7, 11) is 0. The largest absolute Gasteiger partial charge is 0.433 e. The molecule has 0 atom stereocenters. The first-order valence-corrected chi connectivity index (χ1v) is 6.76. The minimum Gasteiger partial charge on any atom is -0.379 e. The van der Waals surface area contributed by atoms with E-state index in [1.165, 1.54) is 0 Å². The quantitative estimate of drug-likeness (QED) is 0.922. The van der Waals surface area contributed by atoms with Gasteiger partial charge in [-0.05, 0) is 19.9 Å². The second-order valence-electron chi connectivity index (χ2n) is 5.53. The third-order valence-corrected chi connectivity index (χ3v) is 3.49. The summed E-state index contributed by atoms with van der Waals surface area (Å²) >= 11 is 0. The lowest BCUT2D eigenvalue weighted by Gasteiger charge is -2.40. The molecule has 0 spiro atoms. The van der Waals surface area contributed by atoms with Crippen LogP contribution >= 0.6 is 0 Å². The number of rotatable bonds is 4. The van der Waals surface area contributed by atoms with Crippen molar-refractivity contribution < 1.29 is 17.9 Å². The molecule has 1 fully saturated rings. The maximum Gasteiger partial charge on any atom is 0.433 e. The molecular formula is C13H19F3N4O. The lowest BCUT2D eigenvalue weighted by molar-refractivity contribution is -0.141. The Labute approximate surface area is 121 Å². The normalized spacial score (nSPS) is 17.8. The van der Waals surface area contributed by atoms with Gasteiger partial charge < -0.3 is 10.1 Å². The molecule has 0 saturated carbocycles. The summed E-state index contributed by atoms with van der Waals surface area (Å²) in [5, 5.41) is 2.89. The Morgan fingerprint density at radius 3 is 2.57 bits per heavy atom. The number of nitrogens with zero attached hydrogens (tertiary/aromatic N) is 3. The van der Waals surface area contributed by atoms with Crippen LogP contribution in [0.4, 0.5) is 19.1 Å². The monoisotopic (exact) mass is 304 g/mol. The molecule has 1 saturated heterocycles. The van der Waals surface area contributed by atoms with E-state index >= 15 is 0 Å². The summed E-state index contributed by atoms with van der Waals surface area (Å²) in [5.74, 6) is -0.00819. The molecule has 5 nitrogen and oxygen atoms in total. The molecule has 0 radical (unpaired) electrons. The predicted molar refractivity (Wildman–Crippen MR) is 72.0 cm³/mol. The highest BCUT2D eigenvalue weighted by atomic mass is 19.4. The van der Waals surface area contributed by atoms with Crippen molar-refractivity contribution in [3.63, 3.8) is 0 Å². The molecule has 0 amide bonds. The summed E-state index contributed by atoms with van der Waals surface area (Å²) in [6, 6.07) is 0.859. The molecule has 118 valence electrons. The molecule has 21 heavy (non-hydrogen) atoms. The first kappa shape index (κ1) is 16.0. The molecular weight excluding hydrogens is 285 g/mol. The average Bonchev–Trinajstić information content (AvgIpc) is 2.46. The fourth-order valence-corrected chi connectivity index (χ4v) is 2.18. The Morgan fingerprint density at radius 1 is 1.29 bits per heavy atom. The highest BCUT2D eigenvalue weighted by Gasteiger charge is 2.33. The number of ether oxygens (including phenoxy) is 1. The number of halogens is 3. The fraction of sp³-hybridized carbons (Fsp3) is 0.692. The van der Waals surface area contributed by atoms with E-state index in [1.54, 1.807) is 0 Å². The molecule has 2 heterocycles. The van der Waals surface area contributed by atoms with Crippen molar-refractivity contribution in [2.24, 2.45) is 0 Å². The van der Waals surface area contributed by atoms with Crippen LogP contribution in [0.5, 0.6) is 0 Å². The van der Waals surface area contributed by atoms with E-state index in [2.05, 4.69) is 20.2 Å². The lowest BCUT2D eigenvalue weighted by Crippen LogP contribution is -2.53. The minimum atomic E-state index is -4.46. The van der Waals surface area contributed by atoms with Crippen LogP contribution in [0.1, 0.15) is 19.5 Å². The number of hydrogen-bond donors (Lipinski definition) is 1. The van der Waals surface area contributed by atoms with Gasteiger partial charge >= 0.3 is 6.18 Å². The van der Waals surface area contributed by atoms with E-state index in [0.717, 1.165) is 25.4 Å². The zero-order chi connectivity index (χ0) is 15.5. The molecule has 0 bridgehead atoms. The van der Waals surface area contributed by atoms with Crippen molar-refractivity contribution in [3.8, 4) is 0 Å².